The highest BCUT2D eigenvalue weighted by Gasteiger charge is 2.20. The number of fused-ring (bicyclic) bond motifs is 3. The minimum atomic E-state index is 0.334. The smallest absolute Gasteiger partial charge is 0.163 e. The molecule has 2 aromatic carbocycles. The highest BCUT2D eigenvalue weighted by molar-refractivity contribution is 6.30. The average Bonchev–Trinajstić information content (AvgIpc) is 3.41. The molecule has 0 aliphatic carbocycles. The van der Waals surface area contributed by atoms with E-state index >= 15 is 0 Å². The first-order valence-corrected chi connectivity index (χ1v) is 10.3. The number of pyridine rings is 1. The summed E-state index contributed by atoms with van der Waals surface area (Å²) in [5.41, 5.74) is 4.01. The van der Waals surface area contributed by atoms with Crippen molar-refractivity contribution in [2.75, 3.05) is 14.2 Å². The number of hydrogen-bond acceptors (Lipinski definition) is 6. The summed E-state index contributed by atoms with van der Waals surface area (Å²) < 4.78 is 22.3. The van der Waals surface area contributed by atoms with Gasteiger partial charge in [0.25, 0.3) is 0 Å². The summed E-state index contributed by atoms with van der Waals surface area (Å²) in [6, 6.07) is 15.0. The number of nitrogens with zero attached hydrogens (tertiary/aromatic N) is 2. The molecule has 0 radical (unpaired) electrons. The second kappa shape index (κ2) is 8.63. The summed E-state index contributed by atoms with van der Waals surface area (Å²) in [5, 5.41) is 6.75. The molecule has 3 heterocycles. The van der Waals surface area contributed by atoms with Crippen LogP contribution in [0, 0.1) is 0 Å². The fraction of sp³-hybridized carbons (Fsp3) is 0.167. The minimum Gasteiger partial charge on any atom is -0.457 e. The Hall–Kier alpha value is -3.39. The monoisotopic (exact) mass is 449 g/mol. The Bertz CT molecular complexity index is 1390. The molecule has 162 valence electrons. The second-order valence-corrected chi connectivity index (χ2v) is 7.71. The maximum absolute atomic E-state index is 6.24. The van der Waals surface area contributed by atoms with Crippen molar-refractivity contribution in [3.05, 3.63) is 71.1 Å². The molecule has 0 unspecified atom stereocenters. The lowest BCUT2D eigenvalue weighted by molar-refractivity contribution is 0.156. The van der Waals surface area contributed by atoms with Crippen LogP contribution in [-0.4, -0.2) is 29.3 Å². The lowest BCUT2D eigenvalue weighted by atomic mass is 10.0. The molecule has 1 N–H and O–H groups in total. The Balaban J connectivity index is 1.71. The number of H-pyrrole nitrogens is 1. The van der Waals surface area contributed by atoms with Gasteiger partial charge < -0.3 is 23.7 Å². The van der Waals surface area contributed by atoms with E-state index in [0.717, 1.165) is 27.4 Å². The SMILES string of the molecule is COCc1cc(-c2ncc3[nH]c4cccc(Oc5ccc(Cl)cc5)c4c3c2COC)no1. The van der Waals surface area contributed by atoms with E-state index in [1.165, 1.54) is 0 Å². The molecule has 0 spiro atoms. The zero-order valence-electron chi connectivity index (χ0n) is 17.5. The number of methoxy groups -OCH3 is 2. The van der Waals surface area contributed by atoms with Crippen LogP contribution in [0.15, 0.2) is 59.3 Å². The molecule has 0 atom stereocenters. The van der Waals surface area contributed by atoms with Crippen molar-refractivity contribution in [3.63, 3.8) is 0 Å². The van der Waals surface area contributed by atoms with Gasteiger partial charge in [0.1, 0.15) is 23.8 Å². The van der Waals surface area contributed by atoms with Crippen molar-refractivity contribution in [2.45, 2.75) is 13.2 Å². The highest BCUT2D eigenvalue weighted by atomic mass is 35.5. The number of rotatable bonds is 7. The maximum Gasteiger partial charge on any atom is 0.163 e. The van der Waals surface area contributed by atoms with Crippen LogP contribution in [0.1, 0.15) is 11.3 Å². The lowest BCUT2D eigenvalue weighted by Crippen LogP contribution is -1.97. The lowest BCUT2D eigenvalue weighted by Gasteiger charge is -2.11. The van der Waals surface area contributed by atoms with E-state index in [9.17, 15) is 0 Å². The molecule has 5 aromatic rings. The van der Waals surface area contributed by atoms with E-state index in [1.54, 1.807) is 32.5 Å². The Labute approximate surface area is 188 Å². The van der Waals surface area contributed by atoms with Crippen LogP contribution in [0.5, 0.6) is 11.5 Å². The van der Waals surface area contributed by atoms with Gasteiger partial charge in [0.05, 0.1) is 34.9 Å². The highest BCUT2D eigenvalue weighted by Crippen LogP contribution is 2.39. The standard InChI is InChI=1S/C24H20ClN3O4/c1-29-12-16-10-19(28-32-16)24-17(13-30-2)22-20(11-26-24)27-18-4-3-5-21(23(18)22)31-15-8-6-14(25)7-9-15/h3-11,27H,12-13H2,1-2H3. The molecule has 5 rings (SSSR count). The van der Waals surface area contributed by atoms with Crippen LogP contribution in [0.2, 0.25) is 5.02 Å². The van der Waals surface area contributed by atoms with Crippen LogP contribution >= 0.6 is 11.6 Å². The summed E-state index contributed by atoms with van der Waals surface area (Å²) in [7, 11) is 3.26. The van der Waals surface area contributed by atoms with Gasteiger partial charge in [-0.25, -0.2) is 0 Å². The number of halogens is 1. The van der Waals surface area contributed by atoms with Gasteiger partial charge >= 0.3 is 0 Å². The van der Waals surface area contributed by atoms with Crippen molar-refractivity contribution in [3.8, 4) is 22.9 Å². The van der Waals surface area contributed by atoms with Gasteiger partial charge in [0.2, 0.25) is 0 Å². The van der Waals surface area contributed by atoms with Crippen LogP contribution in [0.25, 0.3) is 33.2 Å². The van der Waals surface area contributed by atoms with Crippen LogP contribution < -0.4 is 4.74 Å². The van der Waals surface area contributed by atoms with E-state index in [0.29, 0.717) is 46.9 Å². The number of nitrogens with one attached hydrogen (secondary N) is 1. The first-order valence-electron chi connectivity index (χ1n) is 9.97. The van der Waals surface area contributed by atoms with E-state index in [1.807, 2.05) is 36.4 Å². The Kier molecular flexibility index (Phi) is 5.53. The van der Waals surface area contributed by atoms with Crippen molar-refractivity contribution in [1.29, 1.82) is 0 Å². The summed E-state index contributed by atoms with van der Waals surface area (Å²) in [6.45, 7) is 0.676. The summed E-state index contributed by atoms with van der Waals surface area (Å²) in [6.07, 6.45) is 1.79. The zero-order valence-corrected chi connectivity index (χ0v) is 18.3. The van der Waals surface area contributed by atoms with Crippen molar-refractivity contribution < 1.29 is 18.7 Å². The summed E-state index contributed by atoms with van der Waals surface area (Å²) in [4.78, 5) is 8.09. The van der Waals surface area contributed by atoms with Crippen molar-refractivity contribution in [1.82, 2.24) is 15.1 Å². The molecule has 32 heavy (non-hydrogen) atoms. The van der Waals surface area contributed by atoms with Crippen molar-refractivity contribution >= 4 is 33.4 Å². The molecule has 0 aliphatic rings. The predicted molar refractivity (Wildman–Crippen MR) is 122 cm³/mol. The largest absolute Gasteiger partial charge is 0.457 e. The number of aromatic nitrogens is 3. The van der Waals surface area contributed by atoms with Gasteiger partial charge in [0.15, 0.2) is 5.76 Å². The fourth-order valence-corrected chi connectivity index (χ4v) is 3.95. The third-order valence-electron chi connectivity index (χ3n) is 5.14. The van der Waals surface area contributed by atoms with Gasteiger partial charge in [-0.2, -0.15) is 0 Å². The molecule has 0 saturated heterocycles. The molecular weight excluding hydrogens is 430 g/mol. The molecule has 0 bridgehead atoms. The molecule has 8 heteroatoms. The van der Waals surface area contributed by atoms with Gasteiger partial charge in [-0.15, -0.1) is 0 Å². The predicted octanol–water partition coefficient (Wildman–Crippen LogP) is 6.11. The van der Waals surface area contributed by atoms with Crippen LogP contribution in [0.4, 0.5) is 0 Å². The topological polar surface area (TPSA) is 82.4 Å². The van der Waals surface area contributed by atoms with Crippen LogP contribution in [0.3, 0.4) is 0 Å². The minimum absolute atomic E-state index is 0.334. The molecule has 0 amide bonds. The quantitative estimate of drug-likeness (QED) is 0.323. The van der Waals surface area contributed by atoms with E-state index in [-0.39, 0.29) is 0 Å². The number of hydrogen-bond donors (Lipinski definition) is 1. The number of benzene rings is 2. The Morgan fingerprint density at radius 1 is 0.969 bits per heavy atom. The van der Waals surface area contributed by atoms with E-state index in [2.05, 4.69) is 15.1 Å². The van der Waals surface area contributed by atoms with E-state index < -0.39 is 0 Å². The molecule has 0 aliphatic heterocycles. The van der Waals surface area contributed by atoms with Gasteiger partial charge in [0, 0.05) is 36.3 Å². The summed E-state index contributed by atoms with van der Waals surface area (Å²) in [5.74, 6) is 2.03. The van der Waals surface area contributed by atoms with E-state index in [4.69, 9.17) is 30.3 Å². The first-order chi connectivity index (χ1) is 15.7. The zero-order chi connectivity index (χ0) is 22.1. The average molecular weight is 450 g/mol. The number of ether oxygens (including phenoxy) is 3. The fourth-order valence-electron chi connectivity index (χ4n) is 3.83. The van der Waals surface area contributed by atoms with Gasteiger partial charge in [-0.1, -0.05) is 22.8 Å². The molecule has 0 fully saturated rings. The molecular formula is C24H20ClN3O4. The van der Waals surface area contributed by atoms with Crippen LogP contribution in [-0.2, 0) is 22.7 Å². The second-order valence-electron chi connectivity index (χ2n) is 7.28. The van der Waals surface area contributed by atoms with Crippen molar-refractivity contribution in [2.24, 2.45) is 0 Å². The Morgan fingerprint density at radius 2 is 1.78 bits per heavy atom. The Morgan fingerprint density at radius 3 is 2.56 bits per heavy atom. The molecule has 3 aromatic heterocycles. The first kappa shape index (κ1) is 20.5. The summed E-state index contributed by atoms with van der Waals surface area (Å²) >= 11 is 6.02. The third-order valence-corrected chi connectivity index (χ3v) is 5.40. The molecule has 0 saturated carbocycles. The normalized spacial score (nSPS) is 11.5. The maximum atomic E-state index is 6.24. The third kappa shape index (κ3) is 3.71. The molecule has 7 nitrogen and oxygen atoms in total. The number of aromatic amines is 1. The van der Waals surface area contributed by atoms with Gasteiger partial charge in [-0.05, 0) is 36.4 Å². The van der Waals surface area contributed by atoms with Gasteiger partial charge in [-0.3, -0.25) is 4.98 Å².